The molecule has 68 valence electrons. The Morgan fingerprint density at radius 1 is 1.46 bits per heavy atom. The molecule has 0 aromatic heterocycles. The predicted molar refractivity (Wildman–Crippen MR) is 48.6 cm³/mol. The van der Waals surface area contributed by atoms with Crippen molar-refractivity contribution in [3.8, 4) is 0 Å². The molecule has 1 aromatic rings. The van der Waals surface area contributed by atoms with E-state index in [2.05, 4.69) is 10.1 Å². The van der Waals surface area contributed by atoms with Gasteiger partial charge in [0.25, 0.3) is 5.91 Å². The molecule has 0 saturated heterocycles. The molecule has 0 unspecified atom stereocenters. The first kappa shape index (κ1) is 9.25. The highest BCUT2D eigenvalue weighted by atomic mass is 16.5. The number of nitrogens with one attached hydrogen (secondary N) is 2. The van der Waals surface area contributed by atoms with Crippen molar-refractivity contribution >= 4 is 12.3 Å². The normalized spacial score (nSPS) is 8.92. The van der Waals surface area contributed by atoms with E-state index < -0.39 is 0 Å². The maximum absolute atomic E-state index is 11.3. The van der Waals surface area contributed by atoms with E-state index in [-0.39, 0.29) is 12.6 Å². The Labute approximate surface area is 76.0 Å². The van der Waals surface area contributed by atoms with Gasteiger partial charge in [0, 0.05) is 5.56 Å². The summed E-state index contributed by atoms with van der Waals surface area (Å²) in [6.45, 7) is 0.0250. The van der Waals surface area contributed by atoms with Crippen LogP contribution in [0.4, 0.5) is 0 Å². The molecular weight excluding hydrogens is 168 g/mol. The molecule has 1 amide bonds. The lowest BCUT2D eigenvalue weighted by molar-refractivity contribution is 0.0917. The highest BCUT2D eigenvalue weighted by Crippen LogP contribution is 1.96. The summed E-state index contributed by atoms with van der Waals surface area (Å²) >= 11 is 0. The van der Waals surface area contributed by atoms with Crippen molar-refractivity contribution in [3.05, 3.63) is 35.9 Å². The van der Waals surface area contributed by atoms with Gasteiger partial charge in [-0.3, -0.25) is 10.2 Å². The van der Waals surface area contributed by atoms with Gasteiger partial charge in [-0.2, -0.15) is 0 Å². The van der Waals surface area contributed by atoms with E-state index in [0.29, 0.717) is 5.56 Å². The van der Waals surface area contributed by atoms with Crippen molar-refractivity contribution < 1.29 is 9.53 Å². The standard InChI is InChI=1S/C9H10N2O2/c10-6-13-7-11-9(12)8-4-2-1-3-5-8/h1-6,10H,7H2,(H,11,12). The molecule has 0 aliphatic rings. The molecule has 1 rings (SSSR count). The fourth-order valence-corrected chi connectivity index (χ4v) is 0.840. The van der Waals surface area contributed by atoms with E-state index in [1.165, 1.54) is 0 Å². The average molecular weight is 178 g/mol. The molecule has 0 atom stereocenters. The fraction of sp³-hybridized carbons (Fsp3) is 0.111. The third-order valence-corrected chi connectivity index (χ3v) is 1.44. The second-order valence-electron chi connectivity index (χ2n) is 2.30. The highest BCUT2D eigenvalue weighted by Gasteiger charge is 2.01. The van der Waals surface area contributed by atoms with Crippen LogP contribution in [-0.2, 0) is 4.74 Å². The van der Waals surface area contributed by atoms with Crippen molar-refractivity contribution in [2.75, 3.05) is 6.73 Å². The molecule has 0 radical (unpaired) electrons. The minimum Gasteiger partial charge on any atom is -0.463 e. The van der Waals surface area contributed by atoms with Gasteiger partial charge >= 0.3 is 0 Å². The molecule has 0 bridgehead atoms. The summed E-state index contributed by atoms with van der Waals surface area (Å²) < 4.78 is 4.54. The molecule has 0 heterocycles. The van der Waals surface area contributed by atoms with Crippen molar-refractivity contribution in [1.29, 1.82) is 5.41 Å². The van der Waals surface area contributed by atoms with Gasteiger partial charge in [-0.25, -0.2) is 0 Å². The van der Waals surface area contributed by atoms with Crippen LogP contribution >= 0.6 is 0 Å². The first-order valence-electron chi connectivity index (χ1n) is 3.78. The van der Waals surface area contributed by atoms with Crippen LogP contribution in [-0.4, -0.2) is 19.0 Å². The lowest BCUT2D eigenvalue weighted by atomic mass is 10.2. The maximum atomic E-state index is 11.3. The number of hydrogen-bond donors (Lipinski definition) is 2. The molecule has 0 spiro atoms. The summed E-state index contributed by atoms with van der Waals surface area (Å²) in [4.78, 5) is 11.3. The van der Waals surface area contributed by atoms with Crippen LogP contribution in [0.15, 0.2) is 30.3 Å². The van der Waals surface area contributed by atoms with Crippen LogP contribution in [0.25, 0.3) is 0 Å². The van der Waals surface area contributed by atoms with E-state index >= 15 is 0 Å². The Balaban J connectivity index is 2.45. The molecule has 13 heavy (non-hydrogen) atoms. The summed E-state index contributed by atoms with van der Waals surface area (Å²) in [7, 11) is 0. The Morgan fingerprint density at radius 3 is 2.77 bits per heavy atom. The van der Waals surface area contributed by atoms with Gasteiger partial charge in [-0.15, -0.1) is 0 Å². The van der Waals surface area contributed by atoms with Gasteiger partial charge in [-0.1, -0.05) is 18.2 Å². The third kappa shape index (κ3) is 2.94. The lowest BCUT2D eigenvalue weighted by Gasteiger charge is -2.02. The zero-order chi connectivity index (χ0) is 9.52. The van der Waals surface area contributed by atoms with Crippen molar-refractivity contribution in [3.63, 3.8) is 0 Å². The SMILES string of the molecule is N=COCNC(=O)c1ccccc1. The third-order valence-electron chi connectivity index (χ3n) is 1.44. The monoisotopic (exact) mass is 178 g/mol. The quantitative estimate of drug-likeness (QED) is 0.312. The maximum Gasteiger partial charge on any atom is 0.253 e. The van der Waals surface area contributed by atoms with Crippen molar-refractivity contribution in [1.82, 2.24) is 5.32 Å². The van der Waals surface area contributed by atoms with Crippen LogP contribution in [0.2, 0.25) is 0 Å². The van der Waals surface area contributed by atoms with Crippen molar-refractivity contribution in [2.45, 2.75) is 0 Å². The zero-order valence-electron chi connectivity index (χ0n) is 6.99. The van der Waals surface area contributed by atoms with Gasteiger partial charge in [0.05, 0.1) is 0 Å². The molecule has 1 aromatic carbocycles. The van der Waals surface area contributed by atoms with Gasteiger partial charge in [0.2, 0.25) is 0 Å². The number of amides is 1. The minimum absolute atomic E-state index is 0.0250. The molecule has 2 N–H and O–H groups in total. The minimum atomic E-state index is -0.206. The number of ether oxygens (including phenoxy) is 1. The summed E-state index contributed by atoms with van der Waals surface area (Å²) in [6, 6.07) is 8.82. The Hall–Kier alpha value is -1.84. The highest BCUT2D eigenvalue weighted by molar-refractivity contribution is 5.94. The number of benzene rings is 1. The molecule has 0 fully saturated rings. The number of hydrogen-bond acceptors (Lipinski definition) is 3. The Morgan fingerprint density at radius 2 is 2.15 bits per heavy atom. The fourth-order valence-electron chi connectivity index (χ4n) is 0.840. The molecule has 4 heteroatoms. The van der Waals surface area contributed by atoms with Crippen molar-refractivity contribution in [2.24, 2.45) is 0 Å². The van der Waals surface area contributed by atoms with Gasteiger partial charge in [0.1, 0.15) is 0 Å². The molecule has 0 saturated carbocycles. The summed E-state index contributed by atoms with van der Waals surface area (Å²) in [5.41, 5.74) is 0.580. The van der Waals surface area contributed by atoms with Crippen LogP contribution < -0.4 is 5.32 Å². The summed E-state index contributed by atoms with van der Waals surface area (Å²) in [5.74, 6) is -0.206. The van der Waals surface area contributed by atoms with Crippen LogP contribution in [0.5, 0.6) is 0 Å². The van der Waals surface area contributed by atoms with Crippen LogP contribution in [0, 0.1) is 5.41 Å². The van der Waals surface area contributed by atoms with E-state index in [1.54, 1.807) is 24.3 Å². The van der Waals surface area contributed by atoms with E-state index in [1.807, 2.05) is 6.07 Å². The number of carbonyl (C=O) groups is 1. The van der Waals surface area contributed by atoms with Gasteiger partial charge in [-0.05, 0) is 12.1 Å². The summed E-state index contributed by atoms with van der Waals surface area (Å²) in [6.07, 6.45) is 0.783. The molecule has 0 aliphatic carbocycles. The Bertz CT molecular complexity index is 285. The van der Waals surface area contributed by atoms with E-state index in [4.69, 9.17) is 5.41 Å². The Kier molecular flexibility index (Phi) is 3.50. The average Bonchev–Trinajstić information content (AvgIpc) is 2.19. The topological polar surface area (TPSA) is 62.2 Å². The largest absolute Gasteiger partial charge is 0.463 e. The van der Waals surface area contributed by atoms with Crippen LogP contribution in [0.1, 0.15) is 10.4 Å². The number of carbonyl (C=O) groups excluding carboxylic acids is 1. The molecule has 0 aliphatic heterocycles. The summed E-state index contributed by atoms with van der Waals surface area (Å²) in [5, 5.41) is 9.04. The van der Waals surface area contributed by atoms with Crippen LogP contribution in [0.3, 0.4) is 0 Å². The predicted octanol–water partition coefficient (Wildman–Crippen LogP) is 0.998. The van der Waals surface area contributed by atoms with E-state index in [9.17, 15) is 4.79 Å². The number of rotatable bonds is 4. The molecule has 4 nitrogen and oxygen atoms in total. The first-order chi connectivity index (χ1) is 6.34. The van der Waals surface area contributed by atoms with E-state index in [0.717, 1.165) is 6.40 Å². The second kappa shape index (κ2) is 4.92. The zero-order valence-corrected chi connectivity index (χ0v) is 6.99. The molecular formula is C9H10N2O2. The smallest absolute Gasteiger partial charge is 0.253 e. The first-order valence-corrected chi connectivity index (χ1v) is 3.78. The van der Waals surface area contributed by atoms with Gasteiger partial charge < -0.3 is 10.1 Å². The van der Waals surface area contributed by atoms with Gasteiger partial charge in [0.15, 0.2) is 13.1 Å². The second-order valence-corrected chi connectivity index (χ2v) is 2.30. The lowest BCUT2D eigenvalue weighted by Crippen LogP contribution is -2.25.